The van der Waals surface area contributed by atoms with Crippen LogP contribution in [0.25, 0.3) is 0 Å². The molecule has 0 saturated carbocycles. The van der Waals surface area contributed by atoms with Gasteiger partial charge in [0.1, 0.15) is 5.88 Å². The van der Waals surface area contributed by atoms with Crippen molar-refractivity contribution in [2.24, 2.45) is 0 Å². The first kappa shape index (κ1) is 14.4. The maximum Gasteiger partial charge on any atom is 0.325 e. The third kappa shape index (κ3) is 4.32. The fourth-order valence-electron chi connectivity index (χ4n) is 1.06. The van der Waals surface area contributed by atoms with Gasteiger partial charge in [0.05, 0.1) is 4.90 Å². The maximum absolute atomic E-state index is 11.2. The summed E-state index contributed by atoms with van der Waals surface area (Å²) in [5.74, 6) is -1.07. The van der Waals surface area contributed by atoms with Crippen LogP contribution in [-0.4, -0.2) is 30.8 Å². The molecule has 0 heterocycles. The van der Waals surface area contributed by atoms with Crippen LogP contribution < -0.4 is 10.6 Å². The quantitative estimate of drug-likeness (QED) is 0.564. The van der Waals surface area contributed by atoms with Crippen molar-refractivity contribution in [3.63, 3.8) is 0 Å². The predicted molar refractivity (Wildman–Crippen MR) is 64.1 cm³/mol. The van der Waals surface area contributed by atoms with Gasteiger partial charge in [-0.2, -0.15) is 8.42 Å². The Morgan fingerprint density at radius 2 is 2.00 bits per heavy atom. The van der Waals surface area contributed by atoms with Crippen LogP contribution in [0.15, 0.2) is 29.2 Å². The lowest BCUT2D eigenvalue weighted by atomic mass is 10.3. The lowest BCUT2D eigenvalue weighted by molar-refractivity contribution is -0.117. The monoisotopic (exact) mass is 292 g/mol. The molecule has 0 aliphatic carbocycles. The first-order valence-corrected chi connectivity index (χ1v) is 6.55. The van der Waals surface area contributed by atoms with Crippen molar-refractivity contribution < 1.29 is 22.6 Å². The van der Waals surface area contributed by atoms with Crippen LogP contribution in [0.3, 0.4) is 0 Å². The standard InChI is InChI=1S/C9H9ClN2O5S/c10-5-8(13)12-9(14)11-6-2-1-3-7(4-6)18(15,16)17/h1-4H,5H2,(H,15,16,17)(H2,11,12,13,14). The third-order valence-corrected chi connectivity index (χ3v) is 2.86. The normalized spacial score (nSPS) is 10.8. The van der Waals surface area contributed by atoms with Crippen molar-refractivity contribution in [2.45, 2.75) is 4.90 Å². The number of benzene rings is 1. The molecule has 0 bridgehead atoms. The zero-order valence-electron chi connectivity index (χ0n) is 8.88. The molecule has 1 rings (SSSR count). The Labute approximate surface area is 108 Å². The summed E-state index contributed by atoms with van der Waals surface area (Å²) in [5, 5.41) is 4.12. The molecule has 0 aliphatic heterocycles. The Bertz CT molecular complexity index is 572. The summed E-state index contributed by atoms with van der Waals surface area (Å²) in [6.45, 7) is 0. The minimum Gasteiger partial charge on any atom is -0.308 e. The molecule has 0 aliphatic rings. The highest BCUT2D eigenvalue weighted by atomic mass is 35.5. The number of carbonyl (C=O) groups is 2. The molecule has 3 amide bonds. The number of hydrogen-bond acceptors (Lipinski definition) is 4. The van der Waals surface area contributed by atoms with E-state index in [1.165, 1.54) is 12.1 Å². The lowest BCUT2D eigenvalue weighted by Gasteiger charge is -2.06. The highest BCUT2D eigenvalue weighted by Crippen LogP contribution is 2.14. The van der Waals surface area contributed by atoms with E-state index in [2.05, 4.69) is 5.32 Å². The fourth-order valence-corrected chi connectivity index (χ4v) is 1.65. The molecule has 9 heteroatoms. The van der Waals surface area contributed by atoms with Gasteiger partial charge in [0, 0.05) is 5.69 Å². The summed E-state index contributed by atoms with van der Waals surface area (Å²) in [6, 6.07) is 4.05. The number of rotatable bonds is 3. The minimum atomic E-state index is -4.35. The number of halogens is 1. The summed E-state index contributed by atoms with van der Waals surface area (Å²) >= 11 is 5.18. The molecular weight excluding hydrogens is 284 g/mol. The smallest absolute Gasteiger partial charge is 0.308 e. The Hall–Kier alpha value is -1.64. The molecule has 7 nitrogen and oxygen atoms in total. The number of amides is 3. The Morgan fingerprint density at radius 3 is 2.56 bits per heavy atom. The summed E-state index contributed by atoms with van der Waals surface area (Å²) in [7, 11) is -4.35. The van der Waals surface area contributed by atoms with Crippen molar-refractivity contribution in [1.29, 1.82) is 0 Å². The summed E-state index contributed by atoms with van der Waals surface area (Å²) in [5.41, 5.74) is 0.102. The zero-order chi connectivity index (χ0) is 13.8. The van der Waals surface area contributed by atoms with Crippen molar-refractivity contribution in [2.75, 3.05) is 11.2 Å². The Kier molecular flexibility index (Phi) is 4.65. The van der Waals surface area contributed by atoms with Crippen LogP contribution in [0.1, 0.15) is 0 Å². The lowest BCUT2D eigenvalue weighted by Crippen LogP contribution is -2.35. The van der Waals surface area contributed by atoms with E-state index in [1.54, 1.807) is 0 Å². The average Bonchev–Trinajstić information content (AvgIpc) is 2.27. The molecule has 98 valence electrons. The van der Waals surface area contributed by atoms with Crippen LogP contribution >= 0.6 is 11.6 Å². The average molecular weight is 293 g/mol. The van der Waals surface area contributed by atoms with E-state index >= 15 is 0 Å². The molecule has 18 heavy (non-hydrogen) atoms. The molecule has 1 aromatic rings. The van der Waals surface area contributed by atoms with E-state index in [0.717, 1.165) is 12.1 Å². The van der Waals surface area contributed by atoms with Crippen molar-refractivity contribution in [1.82, 2.24) is 5.32 Å². The van der Waals surface area contributed by atoms with Crippen LogP contribution in [-0.2, 0) is 14.9 Å². The minimum absolute atomic E-state index is 0.102. The number of alkyl halides is 1. The van der Waals surface area contributed by atoms with Gasteiger partial charge in [0.2, 0.25) is 5.91 Å². The molecule has 0 spiro atoms. The number of urea groups is 1. The van der Waals surface area contributed by atoms with Gasteiger partial charge >= 0.3 is 6.03 Å². The highest BCUT2D eigenvalue weighted by Gasteiger charge is 2.11. The van der Waals surface area contributed by atoms with E-state index in [4.69, 9.17) is 16.2 Å². The molecule has 0 aromatic heterocycles. The topological polar surface area (TPSA) is 113 Å². The molecule has 1 aromatic carbocycles. The van der Waals surface area contributed by atoms with Crippen LogP contribution in [0.4, 0.5) is 10.5 Å². The fraction of sp³-hybridized carbons (Fsp3) is 0.111. The maximum atomic E-state index is 11.2. The van der Waals surface area contributed by atoms with Gasteiger partial charge in [-0.05, 0) is 18.2 Å². The van der Waals surface area contributed by atoms with Gasteiger partial charge in [-0.3, -0.25) is 14.7 Å². The molecule has 0 unspecified atom stereocenters. The molecule has 0 fully saturated rings. The second-order valence-electron chi connectivity index (χ2n) is 3.14. The molecule has 0 radical (unpaired) electrons. The van der Waals surface area contributed by atoms with Crippen molar-refractivity contribution in [3.8, 4) is 0 Å². The van der Waals surface area contributed by atoms with Gasteiger partial charge in [0.25, 0.3) is 10.1 Å². The molecule has 3 N–H and O–H groups in total. The predicted octanol–water partition coefficient (Wildman–Crippen LogP) is 0.820. The van der Waals surface area contributed by atoms with E-state index in [0.29, 0.717) is 0 Å². The van der Waals surface area contributed by atoms with Crippen LogP contribution in [0, 0.1) is 0 Å². The number of carbonyl (C=O) groups excluding carboxylic acids is 2. The van der Waals surface area contributed by atoms with E-state index in [9.17, 15) is 18.0 Å². The third-order valence-electron chi connectivity index (χ3n) is 1.76. The first-order valence-electron chi connectivity index (χ1n) is 4.57. The zero-order valence-corrected chi connectivity index (χ0v) is 10.5. The summed E-state index contributed by atoms with van der Waals surface area (Å²) in [4.78, 5) is 21.7. The largest absolute Gasteiger partial charge is 0.325 e. The van der Waals surface area contributed by atoms with E-state index < -0.39 is 22.1 Å². The van der Waals surface area contributed by atoms with E-state index in [-0.39, 0.29) is 16.5 Å². The highest BCUT2D eigenvalue weighted by molar-refractivity contribution is 7.85. The summed E-state index contributed by atoms with van der Waals surface area (Å²) < 4.78 is 30.5. The van der Waals surface area contributed by atoms with Gasteiger partial charge in [0.15, 0.2) is 0 Å². The number of imide groups is 1. The van der Waals surface area contributed by atoms with Gasteiger partial charge in [-0.15, -0.1) is 11.6 Å². The number of anilines is 1. The number of nitrogens with one attached hydrogen (secondary N) is 2. The number of hydrogen-bond donors (Lipinski definition) is 3. The van der Waals surface area contributed by atoms with E-state index in [1.807, 2.05) is 5.32 Å². The Morgan fingerprint density at radius 1 is 1.33 bits per heavy atom. The molecule has 0 atom stereocenters. The van der Waals surface area contributed by atoms with Crippen LogP contribution in [0.2, 0.25) is 0 Å². The first-order chi connectivity index (χ1) is 8.32. The van der Waals surface area contributed by atoms with Gasteiger partial charge in [-0.1, -0.05) is 6.07 Å². The van der Waals surface area contributed by atoms with Gasteiger partial charge in [-0.25, -0.2) is 4.79 Å². The van der Waals surface area contributed by atoms with Crippen LogP contribution in [0.5, 0.6) is 0 Å². The second-order valence-corrected chi connectivity index (χ2v) is 4.83. The SMILES string of the molecule is O=C(CCl)NC(=O)Nc1cccc(S(=O)(=O)O)c1. The van der Waals surface area contributed by atoms with Crippen molar-refractivity contribution in [3.05, 3.63) is 24.3 Å². The molecular formula is C9H9ClN2O5S. The Balaban J connectivity index is 2.80. The van der Waals surface area contributed by atoms with Gasteiger partial charge < -0.3 is 5.32 Å². The molecule has 0 saturated heterocycles. The summed E-state index contributed by atoms with van der Waals surface area (Å²) in [6.07, 6.45) is 0. The second kappa shape index (κ2) is 5.80. The van der Waals surface area contributed by atoms with Crippen molar-refractivity contribution >= 4 is 39.3 Å².